The summed E-state index contributed by atoms with van der Waals surface area (Å²) in [6.45, 7) is 3.68. The Balaban J connectivity index is 2.20. The van der Waals surface area contributed by atoms with E-state index in [9.17, 15) is 14.7 Å². The van der Waals surface area contributed by atoms with Gasteiger partial charge in [-0.05, 0) is 30.5 Å². The Morgan fingerprint density at radius 2 is 1.67 bits per heavy atom. The maximum absolute atomic E-state index is 11.8. The van der Waals surface area contributed by atoms with Gasteiger partial charge in [0.05, 0.1) is 5.41 Å². The van der Waals surface area contributed by atoms with Crippen LogP contribution >= 0.6 is 0 Å². The number of aliphatic carboxylic acids is 1. The van der Waals surface area contributed by atoms with Crippen LogP contribution in [0.15, 0.2) is 24.3 Å². The van der Waals surface area contributed by atoms with Crippen molar-refractivity contribution in [3.63, 3.8) is 0 Å². The highest BCUT2D eigenvalue weighted by Gasteiger charge is 2.41. The molecule has 1 fully saturated rings. The molecule has 0 aliphatic heterocycles. The van der Waals surface area contributed by atoms with Crippen LogP contribution in [0.3, 0.4) is 0 Å². The molecule has 4 nitrogen and oxygen atoms in total. The number of carbonyl (C=O) groups is 2. The fourth-order valence-corrected chi connectivity index (χ4v) is 2.94. The fraction of sp³-hybridized carbons (Fsp3) is 0.529. The Hall–Kier alpha value is -1.84. The quantitative estimate of drug-likeness (QED) is 0.890. The van der Waals surface area contributed by atoms with Crippen molar-refractivity contribution < 1.29 is 14.7 Å². The summed E-state index contributed by atoms with van der Waals surface area (Å²) in [5, 5.41) is 12.5. The molecule has 2 rings (SSSR count). The number of anilines is 1. The van der Waals surface area contributed by atoms with Crippen molar-refractivity contribution in [2.45, 2.75) is 51.4 Å². The maximum Gasteiger partial charge on any atom is 0.314 e. The van der Waals surface area contributed by atoms with Gasteiger partial charge in [-0.2, -0.15) is 0 Å². The molecule has 1 amide bonds. The number of amides is 1. The Labute approximate surface area is 125 Å². The molecule has 1 aromatic carbocycles. The van der Waals surface area contributed by atoms with Crippen LogP contribution in [-0.4, -0.2) is 17.0 Å². The molecule has 2 N–H and O–H groups in total. The van der Waals surface area contributed by atoms with E-state index in [2.05, 4.69) is 5.32 Å². The van der Waals surface area contributed by atoms with Crippen LogP contribution in [-0.2, 0) is 15.0 Å². The van der Waals surface area contributed by atoms with E-state index in [-0.39, 0.29) is 11.8 Å². The molecule has 0 heterocycles. The Morgan fingerprint density at radius 1 is 1.10 bits per heavy atom. The lowest BCUT2D eigenvalue weighted by atomic mass is 9.69. The van der Waals surface area contributed by atoms with Crippen LogP contribution in [0.1, 0.15) is 51.5 Å². The molecule has 4 heteroatoms. The summed E-state index contributed by atoms with van der Waals surface area (Å²) in [6.07, 6.45) is 4.41. The second kappa shape index (κ2) is 6.29. The SMILES string of the molecule is CC(C)C(=O)Nc1ccc(C2(C(=O)O)CCCCC2)cc1. The van der Waals surface area contributed by atoms with Gasteiger partial charge in [0, 0.05) is 11.6 Å². The van der Waals surface area contributed by atoms with Crippen LogP contribution in [0.25, 0.3) is 0 Å². The standard InChI is InChI=1S/C17H23NO3/c1-12(2)15(19)18-14-8-6-13(7-9-14)17(16(20)21)10-4-3-5-11-17/h6-9,12H,3-5,10-11H2,1-2H3,(H,18,19)(H,20,21). The second-order valence-electron chi connectivity index (χ2n) is 6.17. The van der Waals surface area contributed by atoms with Crippen LogP contribution in [0, 0.1) is 5.92 Å². The van der Waals surface area contributed by atoms with Crippen LogP contribution < -0.4 is 5.32 Å². The molecule has 0 spiro atoms. The molecular formula is C17H23NO3. The molecular weight excluding hydrogens is 266 g/mol. The first kappa shape index (κ1) is 15.5. The third-order valence-corrected chi connectivity index (χ3v) is 4.35. The smallest absolute Gasteiger partial charge is 0.314 e. The van der Waals surface area contributed by atoms with E-state index in [0.717, 1.165) is 24.8 Å². The molecule has 0 aromatic heterocycles. The Morgan fingerprint density at radius 3 is 2.14 bits per heavy atom. The van der Waals surface area contributed by atoms with Crippen LogP contribution in [0.4, 0.5) is 5.69 Å². The average Bonchev–Trinajstić information content (AvgIpc) is 2.48. The zero-order valence-corrected chi connectivity index (χ0v) is 12.7. The third-order valence-electron chi connectivity index (χ3n) is 4.35. The zero-order valence-electron chi connectivity index (χ0n) is 12.7. The summed E-state index contributed by atoms with van der Waals surface area (Å²) in [5.41, 5.74) is 0.810. The number of hydrogen-bond donors (Lipinski definition) is 2. The van der Waals surface area contributed by atoms with Crippen molar-refractivity contribution in [3.05, 3.63) is 29.8 Å². The van der Waals surface area contributed by atoms with Gasteiger partial charge in [-0.25, -0.2) is 0 Å². The van der Waals surface area contributed by atoms with E-state index < -0.39 is 11.4 Å². The second-order valence-corrected chi connectivity index (χ2v) is 6.17. The average molecular weight is 289 g/mol. The number of carboxylic acid groups (broad SMARTS) is 1. The number of carbonyl (C=O) groups excluding carboxylic acids is 1. The van der Waals surface area contributed by atoms with Crippen molar-refractivity contribution in [1.29, 1.82) is 0 Å². The molecule has 0 saturated heterocycles. The summed E-state index contributed by atoms with van der Waals surface area (Å²) in [5.74, 6) is -0.845. The van der Waals surface area contributed by atoms with Gasteiger partial charge in [0.2, 0.25) is 5.91 Å². The van der Waals surface area contributed by atoms with Crippen LogP contribution in [0.2, 0.25) is 0 Å². The zero-order chi connectivity index (χ0) is 15.5. The van der Waals surface area contributed by atoms with Crippen molar-refractivity contribution in [3.8, 4) is 0 Å². The van der Waals surface area contributed by atoms with Crippen molar-refractivity contribution >= 4 is 17.6 Å². The Bertz CT molecular complexity index is 513. The fourth-order valence-electron chi connectivity index (χ4n) is 2.94. The van der Waals surface area contributed by atoms with Gasteiger partial charge < -0.3 is 10.4 Å². The molecule has 21 heavy (non-hydrogen) atoms. The number of nitrogens with one attached hydrogen (secondary N) is 1. The van der Waals surface area contributed by atoms with Gasteiger partial charge in [-0.3, -0.25) is 9.59 Å². The highest BCUT2D eigenvalue weighted by atomic mass is 16.4. The molecule has 1 aliphatic rings. The van der Waals surface area contributed by atoms with Crippen LogP contribution in [0.5, 0.6) is 0 Å². The lowest BCUT2D eigenvalue weighted by Crippen LogP contribution is -2.37. The monoisotopic (exact) mass is 289 g/mol. The molecule has 0 bridgehead atoms. The molecule has 1 saturated carbocycles. The van der Waals surface area contributed by atoms with Crippen molar-refractivity contribution in [1.82, 2.24) is 0 Å². The first-order chi connectivity index (χ1) is 9.95. The molecule has 0 atom stereocenters. The largest absolute Gasteiger partial charge is 0.481 e. The summed E-state index contributed by atoms with van der Waals surface area (Å²) in [7, 11) is 0. The number of carboxylic acids is 1. The minimum atomic E-state index is -0.751. The van der Waals surface area contributed by atoms with E-state index in [1.165, 1.54) is 0 Å². The molecule has 0 unspecified atom stereocenters. The predicted octanol–water partition coefficient (Wildman–Crippen LogP) is 3.57. The lowest BCUT2D eigenvalue weighted by molar-refractivity contribution is -0.145. The summed E-state index contributed by atoms with van der Waals surface area (Å²) in [6, 6.07) is 7.29. The summed E-state index contributed by atoms with van der Waals surface area (Å²) >= 11 is 0. The van der Waals surface area contributed by atoms with E-state index >= 15 is 0 Å². The van der Waals surface area contributed by atoms with Gasteiger partial charge >= 0.3 is 5.97 Å². The van der Waals surface area contributed by atoms with Crippen molar-refractivity contribution in [2.75, 3.05) is 5.32 Å². The first-order valence-electron chi connectivity index (χ1n) is 7.60. The highest BCUT2D eigenvalue weighted by molar-refractivity contribution is 5.92. The molecule has 0 radical (unpaired) electrons. The summed E-state index contributed by atoms with van der Waals surface area (Å²) in [4.78, 5) is 23.4. The number of hydrogen-bond acceptors (Lipinski definition) is 2. The molecule has 1 aromatic rings. The van der Waals surface area contributed by atoms with E-state index in [0.29, 0.717) is 18.5 Å². The van der Waals surface area contributed by atoms with Gasteiger partial charge in [0.25, 0.3) is 0 Å². The number of rotatable bonds is 4. The molecule has 1 aliphatic carbocycles. The third kappa shape index (κ3) is 3.26. The van der Waals surface area contributed by atoms with Gasteiger partial charge in [0.15, 0.2) is 0 Å². The summed E-state index contributed by atoms with van der Waals surface area (Å²) < 4.78 is 0. The van der Waals surface area contributed by atoms with Gasteiger partial charge in [-0.15, -0.1) is 0 Å². The normalized spacial score (nSPS) is 17.5. The predicted molar refractivity (Wildman–Crippen MR) is 82.3 cm³/mol. The number of benzene rings is 1. The van der Waals surface area contributed by atoms with Crippen molar-refractivity contribution in [2.24, 2.45) is 5.92 Å². The first-order valence-corrected chi connectivity index (χ1v) is 7.60. The lowest BCUT2D eigenvalue weighted by Gasteiger charge is -2.33. The van der Waals surface area contributed by atoms with E-state index in [1.807, 2.05) is 26.0 Å². The minimum absolute atomic E-state index is 0.0339. The van der Waals surface area contributed by atoms with Gasteiger partial charge in [-0.1, -0.05) is 45.2 Å². The Kier molecular flexibility index (Phi) is 4.66. The van der Waals surface area contributed by atoms with Gasteiger partial charge in [0.1, 0.15) is 0 Å². The van der Waals surface area contributed by atoms with E-state index in [4.69, 9.17) is 0 Å². The minimum Gasteiger partial charge on any atom is -0.481 e. The maximum atomic E-state index is 11.8. The molecule has 114 valence electrons. The van der Waals surface area contributed by atoms with E-state index in [1.54, 1.807) is 12.1 Å². The highest BCUT2D eigenvalue weighted by Crippen LogP contribution is 2.40. The topological polar surface area (TPSA) is 66.4 Å².